The lowest BCUT2D eigenvalue weighted by Gasteiger charge is -2.16. The summed E-state index contributed by atoms with van der Waals surface area (Å²) in [5, 5.41) is 0. The number of aromatic nitrogens is 2. The third-order valence-electron chi connectivity index (χ3n) is 2.74. The Morgan fingerprint density at radius 2 is 1.93 bits per heavy atom. The van der Waals surface area contributed by atoms with Gasteiger partial charge in [0, 0.05) is 30.3 Å². The normalized spacial score (nSPS) is 21.9. The van der Waals surface area contributed by atoms with Crippen LogP contribution < -0.4 is 0 Å². The maximum Gasteiger partial charge on any atom is 0.133 e. The molecule has 0 N–H and O–H groups in total. The molecule has 2 heterocycles. The van der Waals surface area contributed by atoms with Gasteiger partial charge in [-0.15, -0.1) is 0 Å². The summed E-state index contributed by atoms with van der Waals surface area (Å²) in [6.45, 7) is 8.06. The van der Waals surface area contributed by atoms with E-state index in [2.05, 4.69) is 30.7 Å². The van der Waals surface area contributed by atoms with Crippen molar-refractivity contribution in [2.45, 2.75) is 38.5 Å². The van der Waals surface area contributed by atoms with Crippen LogP contribution in [0.5, 0.6) is 0 Å². The van der Waals surface area contributed by atoms with E-state index >= 15 is 0 Å². The Kier molecular flexibility index (Phi) is 2.74. The molecule has 1 aliphatic heterocycles. The lowest BCUT2D eigenvalue weighted by Crippen LogP contribution is -2.16. The average Bonchev–Trinajstić information content (AvgIpc) is 2.69. The van der Waals surface area contributed by atoms with Gasteiger partial charge in [-0.1, -0.05) is 20.8 Å². The van der Waals surface area contributed by atoms with Gasteiger partial charge in [0.1, 0.15) is 5.82 Å². The zero-order valence-corrected chi connectivity index (χ0v) is 9.66. The summed E-state index contributed by atoms with van der Waals surface area (Å²) >= 11 is 0. The van der Waals surface area contributed by atoms with Crippen molar-refractivity contribution >= 4 is 0 Å². The van der Waals surface area contributed by atoms with Gasteiger partial charge in [-0.25, -0.2) is 9.97 Å². The lowest BCUT2D eigenvalue weighted by molar-refractivity contribution is 0.194. The van der Waals surface area contributed by atoms with Gasteiger partial charge in [-0.05, 0) is 12.0 Å². The van der Waals surface area contributed by atoms with Crippen LogP contribution in [0.1, 0.15) is 44.5 Å². The van der Waals surface area contributed by atoms with Crippen LogP contribution in [-0.2, 0) is 10.2 Å². The SMILES string of the molecule is CC(C)(C)c1ncc(C2CCOC2)cn1. The summed E-state index contributed by atoms with van der Waals surface area (Å²) in [6.07, 6.45) is 5.00. The van der Waals surface area contributed by atoms with E-state index in [4.69, 9.17) is 4.74 Å². The zero-order valence-electron chi connectivity index (χ0n) is 9.66. The summed E-state index contributed by atoms with van der Waals surface area (Å²) in [4.78, 5) is 8.86. The number of hydrogen-bond donors (Lipinski definition) is 0. The summed E-state index contributed by atoms with van der Waals surface area (Å²) in [5.74, 6) is 1.41. The average molecular weight is 206 g/mol. The molecule has 0 aromatic carbocycles. The second-order valence-electron chi connectivity index (χ2n) is 5.15. The van der Waals surface area contributed by atoms with Gasteiger partial charge < -0.3 is 4.74 Å². The molecule has 15 heavy (non-hydrogen) atoms. The second kappa shape index (κ2) is 3.89. The van der Waals surface area contributed by atoms with Gasteiger partial charge in [0.15, 0.2) is 0 Å². The van der Waals surface area contributed by atoms with Gasteiger partial charge in [0.2, 0.25) is 0 Å². The molecule has 1 aromatic rings. The fourth-order valence-electron chi connectivity index (χ4n) is 1.73. The van der Waals surface area contributed by atoms with E-state index in [1.54, 1.807) is 0 Å². The van der Waals surface area contributed by atoms with Gasteiger partial charge >= 0.3 is 0 Å². The van der Waals surface area contributed by atoms with E-state index in [0.717, 1.165) is 25.5 Å². The highest BCUT2D eigenvalue weighted by molar-refractivity contribution is 5.15. The van der Waals surface area contributed by atoms with Crippen LogP contribution in [0.3, 0.4) is 0 Å². The third-order valence-corrected chi connectivity index (χ3v) is 2.74. The van der Waals surface area contributed by atoms with Crippen LogP contribution in [-0.4, -0.2) is 23.2 Å². The van der Waals surface area contributed by atoms with Crippen molar-refractivity contribution in [1.82, 2.24) is 9.97 Å². The van der Waals surface area contributed by atoms with Crippen LogP contribution in [0.15, 0.2) is 12.4 Å². The van der Waals surface area contributed by atoms with Gasteiger partial charge in [0.05, 0.1) is 6.61 Å². The largest absolute Gasteiger partial charge is 0.381 e. The van der Waals surface area contributed by atoms with Crippen molar-refractivity contribution in [3.63, 3.8) is 0 Å². The molecule has 82 valence electrons. The summed E-state index contributed by atoms with van der Waals surface area (Å²) in [5.41, 5.74) is 1.24. The molecule has 1 saturated heterocycles. The topological polar surface area (TPSA) is 35.0 Å². The zero-order chi connectivity index (χ0) is 10.9. The Morgan fingerprint density at radius 1 is 1.27 bits per heavy atom. The van der Waals surface area contributed by atoms with E-state index < -0.39 is 0 Å². The van der Waals surface area contributed by atoms with Crippen LogP contribution in [0.4, 0.5) is 0 Å². The molecule has 1 fully saturated rings. The molecule has 0 radical (unpaired) electrons. The Morgan fingerprint density at radius 3 is 2.40 bits per heavy atom. The van der Waals surface area contributed by atoms with Crippen molar-refractivity contribution in [2.24, 2.45) is 0 Å². The third kappa shape index (κ3) is 2.34. The molecule has 0 saturated carbocycles. The van der Waals surface area contributed by atoms with Crippen molar-refractivity contribution in [1.29, 1.82) is 0 Å². The smallest absolute Gasteiger partial charge is 0.133 e. The molecule has 1 aromatic heterocycles. The molecular formula is C12H18N2O. The monoisotopic (exact) mass is 206 g/mol. The number of ether oxygens (including phenoxy) is 1. The summed E-state index contributed by atoms with van der Waals surface area (Å²) < 4.78 is 5.35. The van der Waals surface area contributed by atoms with Crippen LogP contribution in [0.25, 0.3) is 0 Å². The molecule has 1 atom stereocenters. The van der Waals surface area contributed by atoms with Crippen LogP contribution in [0.2, 0.25) is 0 Å². The highest BCUT2D eigenvalue weighted by Gasteiger charge is 2.21. The molecule has 3 heteroatoms. The van der Waals surface area contributed by atoms with Crippen molar-refractivity contribution in [3.8, 4) is 0 Å². The van der Waals surface area contributed by atoms with Crippen LogP contribution >= 0.6 is 0 Å². The van der Waals surface area contributed by atoms with Crippen LogP contribution in [0, 0.1) is 0 Å². The first-order chi connectivity index (χ1) is 7.07. The molecule has 1 aliphatic rings. The predicted octanol–water partition coefficient (Wildman–Crippen LogP) is 2.28. The number of rotatable bonds is 1. The molecule has 0 bridgehead atoms. The van der Waals surface area contributed by atoms with Gasteiger partial charge in [-0.2, -0.15) is 0 Å². The first-order valence-corrected chi connectivity index (χ1v) is 5.47. The van der Waals surface area contributed by atoms with E-state index in [-0.39, 0.29) is 5.41 Å². The van der Waals surface area contributed by atoms with Gasteiger partial charge in [0.25, 0.3) is 0 Å². The van der Waals surface area contributed by atoms with E-state index in [9.17, 15) is 0 Å². The Labute approximate surface area is 90.9 Å². The van der Waals surface area contributed by atoms with E-state index in [1.165, 1.54) is 5.56 Å². The number of hydrogen-bond acceptors (Lipinski definition) is 3. The van der Waals surface area contributed by atoms with E-state index in [1.807, 2.05) is 12.4 Å². The Balaban J connectivity index is 2.16. The molecule has 3 nitrogen and oxygen atoms in total. The predicted molar refractivity (Wildman–Crippen MR) is 58.9 cm³/mol. The highest BCUT2D eigenvalue weighted by atomic mass is 16.5. The lowest BCUT2D eigenvalue weighted by atomic mass is 9.95. The minimum absolute atomic E-state index is 0.0324. The Hall–Kier alpha value is -0.960. The standard InChI is InChI=1S/C12H18N2O/c1-12(2,3)11-13-6-10(7-14-11)9-4-5-15-8-9/h6-7,9H,4-5,8H2,1-3H3. The maximum absolute atomic E-state index is 5.35. The quantitative estimate of drug-likeness (QED) is 0.707. The fourth-order valence-corrected chi connectivity index (χ4v) is 1.73. The fraction of sp³-hybridized carbons (Fsp3) is 0.667. The van der Waals surface area contributed by atoms with Crippen molar-refractivity contribution in [2.75, 3.05) is 13.2 Å². The van der Waals surface area contributed by atoms with Gasteiger partial charge in [-0.3, -0.25) is 0 Å². The highest BCUT2D eigenvalue weighted by Crippen LogP contribution is 2.25. The molecule has 0 aliphatic carbocycles. The summed E-state index contributed by atoms with van der Waals surface area (Å²) in [6, 6.07) is 0. The molecule has 1 unspecified atom stereocenters. The maximum atomic E-state index is 5.35. The first kappa shape index (κ1) is 10.6. The first-order valence-electron chi connectivity index (χ1n) is 5.47. The van der Waals surface area contributed by atoms with E-state index in [0.29, 0.717) is 5.92 Å². The summed E-state index contributed by atoms with van der Waals surface area (Å²) in [7, 11) is 0. The minimum Gasteiger partial charge on any atom is -0.381 e. The Bertz CT molecular complexity index is 320. The minimum atomic E-state index is 0.0324. The second-order valence-corrected chi connectivity index (χ2v) is 5.15. The molecule has 2 rings (SSSR count). The molecule has 0 spiro atoms. The molecule has 0 amide bonds. The molecular weight excluding hydrogens is 188 g/mol. The van der Waals surface area contributed by atoms with Crippen molar-refractivity contribution < 1.29 is 4.74 Å². The number of nitrogens with zero attached hydrogens (tertiary/aromatic N) is 2. The van der Waals surface area contributed by atoms with Crippen molar-refractivity contribution in [3.05, 3.63) is 23.8 Å².